The summed E-state index contributed by atoms with van der Waals surface area (Å²) in [5.74, 6) is -1.72. The van der Waals surface area contributed by atoms with Gasteiger partial charge < -0.3 is 15.5 Å². The first-order chi connectivity index (χ1) is 15.3. The predicted octanol–water partition coefficient (Wildman–Crippen LogP) is 3.76. The fraction of sp³-hybridized carbons (Fsp3) is 0.250. The van der Waals surface area contributed by atoms with Crippen LogP contribution in [0.5, 0.6) is 0 Å². The highest BCUT2D eigenvalue weighted by atomic mass is 19.4. The molecule has 2 aromatic rings. The van der Waals surface area contributed by atoms with E-state index in [4.69, 9.17) is 0 Å². The van der Waals surface area contributed by atoms with Crippen LogP contribution in [-0.4, -0.2) is 49.3 Å². The van der Waals surface area contributed by atoms with E-state index in [0.717, 1.165) is 16.3 Å². The Balaban J connectivity index is 2.01. The third-order valence-electron chi connectivity index (χ3n) is 4.67. The van der Waals surface area contributed by atoms with Gasteiger partial charge in [0.25, 0.3) is 5.91 Å². The summed E-state index contributed by atoms with van der Waals surface area (Å²) in [6, 6.07) is 5.25. The van der Waals surface area contributed by atoms with Gasteiger partial charge in [-0.3, -0.25) is 4.79 Å². The Morgan fingerprint density at radius 2 is 1.52 bits per heavy atom. The summed E-state index contributed by atoms with van der Waals surface area (Å²) in [4.78, 5) is 29.9. The fourth-order valence-corrected chi connectivity index (χ4v) is 3.13. The van der Waals surface area contributed by atoms with Crippen molar-refractivity contribution in [2.24, 2.45) is 4.99 Å². The molecule has 1 atom stereocenters. The van der Waals surface area contributed by atoms with Crippen LogP contribution in [0.1, 0.15) is 11.1 Å². The van der Waals surface area contributed by atoms with E-state index in [0.29, 0.717) is 0 Å². The van der Waals surface area contributed by atoms with Crippen LogP contribution in [0.4, 0.5) is 41.2 Å². The standard InChI is InChI=1S/C20H15F7N4O2/c1-31-13-9-5-3-7-11(13)14(10-6-2-4-8-12(10)21)28-15(16(31)32)29-18(33)30-17(19(22,23)24)20(25,26)27/h2-9,15,17H,1H3,(H2,29,30,33). The summed E-state index contributed by atoms with van der Waals surface area (Å²) >= 11 is 0. The van der Waals surface area contributed by atoms with Gasteiger partial charge in [-0.15, -0.1) is 0 Å². The van der Waals surface area contributed by atoms with Crippen molar-refractivity contribution in [3.63, 3.8) is 0 Å². The predicted molar refractivity (Wildman–Crippen MR) is 103 cm³/mol. The number of hydrogen-bond donors (Lipinski definition) is 2. The molecule has 2 aromatic carbocycles. The highest BCUT2D eigenvalue weighted by molar-refractivity contribution is 6.20. The molecule has 1 aliphatic rings. The lowest BCUT2D eigenvalue weighted by Gasteiger charge is -2.25. The van der Waals surface area contributed by atoms with Crippen LogP contribution < -0.4 is 15.5 Å². The van der Waals surface area contributed by atoms with Gasteiger partial charge in [-0.05, 0) is 18.2 Å². The second-order valence-electron chi connectivity index (χ2n) is 6.91. The first kappa shape index (κ1) is 24.0. The molecule has 1 heterocycles. The van der Waals surface area contributed by atoms with Gasteiger partial charge in [0.2, 0.25) is 12.2 Å². The molecule has 13 heteroatoms. The zero-order chi connectivity index (χ0) is 24.6. The number of fused-ring (bicyclic) bond motifs is 1. The number of amides is 3. The lowest BCUT2D eigenvalue weighted by Crippen LogP contribution is -2.59. The SMILES string of the molecule is CN1C(=O)C(NC(=O)NC(C(F)(F)F)C(F)(F)F)N=C(c2ccccc2F)c2ccccc21. The third kappa shape index (κ3) is 5.07. The van der Waals surface area contributed by atoms with E-state index in [2.05, 4.69) is 4.99 Å². The maximum absolute atomic E-state index is 14.5. The number of nitrogens with one attached hydrogen (secondary N) is 2. The van der Waals surface area contributed by atoms with Gasteiger partial charge in [0.15, 0.2) is 0 Å². The molecule has 0 aliphatic carbocycles. The second-order valence-corrected chi connectivity index (χ2v) is 6.91. The molecule has 176 valence electrons. The van der Waals surface area contributed by atoms with Gasteiger partial charge in [0.05, 0.1) is 11.4 Å². The molecular weight excluding hydrogens is 461 g/mol. The number of rotatable bonds is 3. The highest BCUT2D eigenvalue weighted by Crippen LogP contribution is 2.33. The second kappa shape index (κ2) is 8.71. The number of para-hydroxylation sites is 1. The number of benzodiazepines with no additional fused rings is 1. The minimum atomic E-state index is -5.84. The molecule has 0 aromatic heterocycles. The number of carbonyl (C=O) groups excluding carboxylic acids is 2. The van der Waals surface area contributed by atoms with Gasteiger partial charge >= 0.3 is 18.4 Å². The summed E-state index contributed by atoms with van der Waals surface area (Å²) in [5, 5.41) is 2.49. The molecule has 1 aliphatic heterocycles. The monoisotopic (exact) mass is 476 g/mol. The van der Waals surface area contributed by atoms with Crippen molar-refractivity contribution in [3.05, 3.63) is 65.5 Å². The Bertz CT molecular complexity index is 1080. The molecule has 0 spiro atoms. The number of carbonyl (C=O) groups is 2. The average molecular weight is 476 g/mol. The zero-order valence-corrected chi connectivity index (χ0v) is 16.6. The fourth-order valence-electron chi connectivity index (χ4n) is 3.13. The largest absolute Gasteiger partial charge is 0.417 e. The van der Waals surface area contributed by atoms with Gasteiger partial charge in [-0.1, -0.05) is 30.3 Å². The molecule has 0 fully saturated rings. The minimum Gasteiger partial charge on any atom is -0.319 e. The molecule has 3 rings (SSSR count). The van der Waals surface area contributed by atoms with Gasteiger partial charge in [-0.25, -0.2) is 14.2 Å². The van der Waals surface area contributed by atoms with Crippen LogP contribution in [0, 0.1) is 5.82 Å². The van der Waals surface area contributed by atoms with Crippen molar-refractivity contribution in [3.8, 4) is 0 Å². The van der Waals surface area contributed by atoms with Crippen molar-refractivity contribution in [2.45, 2.75) is 24.6 Å². The van der Waals surface area contributed by atoms with E-state index in [9.17, 15) is 40.3 Å². The zero-order valence-electron chi connectivity index (χ0n) is 16.6. The van der Waals surface area contributed by atoms with Crippen LogP contribution in [0.3, 0.4) is 0 Å². The molecule has 0 saturated carbocycles. The average Bonchev–Trinajstić information content (AvgIpc) is 2.82. The van der Waals surface area contributed by atoms with E-state index in [1.165, 1.54) is 37.4 Å². The number of likely N-dealkylation sites (N-methyl/N-ethyl adjacent to an activating group) is 1. The first-order valence-corrected chi connectivity index (χ1v) is 9.21. The number of nitrogens with zero attached hydrogens (tertiary/aromatic N) is 2. The van der Waals surface area contributed by atoms with E-state index in [1.807, 2.05) is 0 Å². The Labute approximate surface area is 182 Å². The lowest BCUT2D eigenvalue weighted by molar-refractivity contribution is -0.255. The third-order valence-corrected chi connectivity index (χ3v) is 4.67. The summed E-state index contributed by atoms with van der Waals surface area (Å²) in [7, 11) is 1.27. The smallest absolute Gasteiger partial charge is 0.319 e. The van der Waals surface area contributed by atoms with E-state index in [-0.39, 0.29) is 22.5 Å². The number of aliphatic imine (C=N–C) groups is 1. The van der Waals surface area contributed by atoms with Crippen molar-refractivity contribution in [1.82, 2.24) is 10.6 Å². The normalized spacial score (nSPS) is 16.8. The molecule has 0 saturated heterocycles. The van der Waals surface area contributed by atoms with E-state index < -0.39 is 42.3 Å². The molecule has 0 radical (unpaired) electrons. The quantitative estimate of drug-likeness (QED) is 0.663. The Kier molecular flexibility index (Phi) is 6.34. The number of hydrogen-bond acceptors (Lipinski definition) is 3. The Morgan fingerprint density at radius 1 is 0.970 bits per heavy atom. The van der Waals surface area contributed by atoms with Crippen molar-refractivity contribution < 1.29 is 40.3 Å². The van der Waals surface area contributed by atoms with E-state index >= 15 is 0 Å². The number of benzene rings is 2. The van der Waals surface area contributed by atoms with Crippen molar-refractivity contribution in [2.75, 3.05) is 11.9 Å². The molecule has 1 unspecified atom stereocenters. The molecule has 3 amide bonds. The Morgan fingerprint density at radius 3 is 2.09 bits per heavy atom. The maximum Gasteiger partial charge on any atom is 0.417 e. The van der Waals surface area contributed by atoms with E-state index in [1.54, 1.807) is 17.4 Å². The highest BCUT2D eigenvalue weighted by Gasteiger charge is 2.57. The number of urea groups is 1. The van der Waals surface area contributed by atoms with Gasteiger partial charge in [0.1, 0.15) is 5.82 Å². The molecule has 6 nitrogen and oxygen atoms in total. The van der Waals surface area contributed by atoms with Crippen LogP contribution in [0.25, 0.3) is 0 Å². The van der Waals surface area contributed by atoms with Crippen LogP contribution in [-0.2, 0) is 4.79 Å². The lowest BCUT2D eigenvalue weighted by atomic mass is 10.00. The molecule has 0 bridgehead atoms. The summed E-state index contributed by atoms with van der Waals surface area (Å²) in [5.41, 5.74) is 0.267. The number of halogens is 7. The number of alkyl halides is 6. The summed E-state index contributed by atoms with van der Waals surface area (Å²) < 4.78 is 91.0. The van der Waals surface area contributed by atoms with Crippen molar-refractivity contribution >= 4 is 23.3 Å². The molecular formula is C20H15F7N4O2. The minimum absolute atomic E-state index is 0.0938. The van der Waals surface area contributed by atoms with Crippen LogP contribution in [0.2, 0.25) is 0 Å². The van der Waals surface area contributed by atoms with Gasteiger partial charge in [-0.2, -0.15) is 26.3 Å². The Hall–Kier alpha value is -3.64. The molecule has 33 heavy (non-hydrogen) atoms. The topological polar surface area (TPSA) is 73.8 Å². The van der Waals surface area contributed by atoms with Crippen molar-refractivity contribution in [1.29, 1.82) is 0 Å². The number of anilines is 1. The van der Waals surface area contributed by atoms with Gasteiger partial charge in [0, 0.05) is 18.2 Å². The summed E-state index contributed by atoms with van der Waals surface area (Å²) in [6.07, 6.45) is -13.6. The van der Waals surface area contributed by atoms with Crippen LogP contribution in [0.15, 0.2) is 53.5 Å². The maximum atomic E-state index is 14.5. The molecule has 2 N–H and O–H groups in total. The first-order valence-electron chi connectivity index (χ1n) is 9.21. The summed E-state index contributed by atoms with van der Waals surface area (Å²) in [6.45, 7) is 0. The van der Waals surface area contributed by atoms with Crippen LogP contribution >= 0.6 is 0 Å².